The summed E-state index contributed by atoms with van der Waals surface area (Å²) in [6, 6.07) is 19.2. The summed E-state index contributed by atoms with van der Waals surface area (Å²) in [6.07, 6.45) is 8.61. The second kappa shape index (κ2) is 12.8. The molecule has 1 aromatic heterocycles. The Morgan fingerprint density at radius 3 is 2.39 bits per heavy atom. The fourth-order valence-corrected chi connectivity index (χ4v) is 6.82. The largest absolute Gasteiger partial charge is 0.495 e. The van der Waals surface area contributed by atoms with Gasteiger partial charge in [0.2, 0.25) is 0 Å². The van der Waals surface area contributed by atoms with E-state index in [0.717, 1.165) is 74.7 Å². The van der Waals surface area contributed by atoms with E-state index in [4.69, 9.17) is 14.9 Å². The molecular formula is C32H42FN3O2. The Morgan fingerprint density at radius 2 is 1.68 bits per heavy atom. The van der Waals surface area contributed by atoms with E-state index >= 15 is 4.39 Å². The van der Waals surface area contributed by atoms with Gasteiger partial charge in [-0.05, 0) is 66.6 Å². The van der Waals surface area contributed by atoms with Gasteiger partial charge in [0.15, 0.2) is 0 Å². The number of benzene rings is 2. The Labute approximate surface area is 226 Å². The Morgan fingerprint density at radius 1 is 0.947 bits per heavy atom. The van der Waals surface area contributed by atoms with E-state index < -0.39 is 0 Å². The van der Waals surface area contributed by atoms with Crippen LogP contribution in [0.4, 0.5) is 10.1 Å². The van der Waals surface area contributed by atoms with Crippen molar-refractivity contribution in [3.05, 3.63) is 84.1 Å². The van der Waals surface area contributed by atoms with Crippen LogP contribution in [0.25, 0.3) is 0 Å². The topological polar surface area (TPSA) is 54.9 Å². The highest BCUT2D eigenvalue weighted by Crippen LogP contribution is 2.46. The van der Waals surface area contributed by atoms with Gasteiger partial charge in [0.1, 0.15) is 17.3 Å². The predicted octanol–water partition coefficient (Wildman–Crippen LogP) is 6.62. The highest BCUT2D eigenvalue weighted by atomic mass is 19.1. The molecule has 2 fully saturated rings. The van der Waals surface area contributed by atoms with Gasteiger partial charge in [-0.2, -0.15) is 0 Å². The molecule has 5 nitrogen and oxygen atoms in total. The fourth-order valence-electron chi connectivity index (χ4n) is 6.82. The Hall–Kier alpha value is -2.83. The smallest absolute Gasteiger partial charge is 0.142 e. The molecule has 0 radical (unpaired) electrons. The van der Waals surface area contributed by atoms with Crippen LogP contribution in [0.15, 0.2) is 71.3 Å². The molecule has 6 heteroatoms. The molecule has 2 aromatic carbocycles. The number of anilines is 1. The minimum atomic E-state index is -0.250. The predicted molar refractivity (Wildman–Crippen MR) is 151 cm³/mol. The SMILES string of the molecule is COc1ccccc1N1CCN(CCC(c2ccccc2F)C(C2CCCCC2)C(N)c2ccco2)CC1. The molecule has 1 aliphatic heterocycles. The summed E-state index contributed by atoms with van der Waals surface area (Å²) in [6.45, 7) is 4.76. The maximum absolute atomic E-state index is 15.4. The van der Waals surface area contributed by atoms with Crippen molar-refractivity contribution in [2.45, 2.75) is 50.5 Å². The summed E-state index contributed by atoms with van der Waals surface area (Å²) in [5.74, 6) is 2.25. The van der Waals surface area contributed by atoms with Crippen molar-refractivity contribution >= 4 is 5.69 Å². The van der Waals surface area contributed by atoms with Crippen LogP contribution < -0.4 is 15.4 Å². The van der Waals surface area contributed by atoms with Gasteiger partial charge in [-0.15, -0.1) is 0 Å². The van der Waals surface area contributed by atoms with Crippen molar-refractivity contribution in [2.75, 3.05) is 44.7 Å². The van der Waals surface area contributed by atoms with Crippen molar-refractivity contribution in [2.24, 2.45) is 17.6 Å². The third kappa shape index (κ3) is 6.08. The highest BCUT2D eigenvalue weighted by molar-refractivity contribution is 5.58. The molecule has 2 N–H and O–H groups in total. The molecule has 3 aromatic rings. The van der Waals surface area contributed by atoms with E-state index in [1.54, 1.807) is 25.5 Å². The minimum absolute atomic E-state index is 0.0339. The Kier molecular flexibility index (Phi) is 9.02. The molecule has 3 atom stereocenters. The van der Waals surface area contributed by atoms with Crippen LogP contribution in [0, 0.1) is 17.7 Å². The van der Waals surface area contributed by atoms with Crippen LogP contribution in [-0.4, -0.2) is 44.7 Å². The Balaban J connectivity index is 1.34. The normalized spacial score (nSPS) is 19.7. The summed E-state index contributed by atoms with van der Waals surface area (Å²) in [5, 5.41) is 0. The number of ether oxygens (including phenoxy) is 1. The average Bonchev–Trinajstić information content (AvgIpc) is 3.52. The standard InChI is InChI=1S/C32H42FN3O2/c1-37-29-15-8-7-14-28(29)36-21-19-35(20-22-36)18-17-26(25-12-5-6-13-27(25)33)31(24-10-3-2-4-11-24)32(34)30-16-9-23-38-30/h5-9,12-16,23-24,26,31-32H,2-4,10-11,17-22,34H2,1H3. The average molecular weight is 520 g/mol. The molecule has 0 amide bonds. The summed E-state index contributed by atoms with van der Waals surface area (Å²) < 4.78 is 26.7. The van der Waals surface area contributed by atoms with E-state index in [0.29, 0.717) is 5.92 Å². The number of furan rings is 1. The first-order valence-corrected chi connectivity index (χ1v) is 14.3. The van der Waals surface area contributed by atoms with Crippen molar-refractivity contribution in [1.82, 2.24) is 4.90 Å². The number of piperazine rings is 1. The van der Waals surface area contributed by atoms with Gasteiger partial charge in [-0.3, -0.25) is 4.90 Å². The molecule has 2 heterocycles. The second-order valence-corrected chi connectivity index (χ2v) is 10.9. The molecule has 3 unspecified atom stereocenters. The minimum Gasteiger partial charge on any atom is -0.495 e. The van der Waals surface area contributed by atoms with Gasteiger partial charge >= 0.3 is 0 Å². The van der Waals surface area contributed by atoms with Gasteiger partial charge < -0.3 is 19.8 Å². The Bertz CT molecular complexity index is 1120. The second-order valence-electron chi connectivity index (χ2n) is 10.9. The van der Waals surface area contributed by atoms with Crippen molar-refractivity contribution < 1.29 is 13.5 Å². The van der Waals surface area contributed by atoms with Gasteiger partial charge in [0.05, 0.1) is 25.1 Å². The van der Waals surface area contributed by atoms with E-state index in [9.17, 15) is 0 Å². The quantitative estimate of drug-likeness (QED) is 0.326. The highest BCUT2D eigenvalue weighted by Gasteiger charge is 2.38. The van der Waals surface area contributed by atoms with Gasteiger partial charge in [-0.25, -0.2) is 4.39 Å². The maximum Gasteiger partial charge on any atom is 0.142 e. The lowest BCUT2D eigenvalue weighted by Crippen LogP contribution is -2.47. The van der Waals surface area contributed by atoms with Crippen LogP contribution in [0.3, 0.4) is 0 Å². The molecule has 2 aliphatic rings. The van der Waals surface area contributed by atoms with Crippen LogP contribution in [0.1, 0.15) is 61.8 Å². The number of rotatable bonds is 10. The first-order chi connectivity index (χ1) is 18.7. The lowest BCUT2D eigenvalue weighted by Gasteiger charge is -2.41. The number of nitrogens with zero attached hydrogens (tertiary/aromatic N) is 2. The maximum atomic E-state index is 15.4. The zero-order chi connectivity index (χ0) is 26.3. The van der Waals surface area contributed by atoms with Gasteiger partial charge in [-0.1, -0.05) is 62.4 Å². The van der Waals surface area contributed by atoms with Crippen LogP contribution in [0.5, 0.6) is 5.75 Å². The number of hydrogen-bond acceptors (Lipinski definition) is 5. The molecule has 0 bridgehead atoms. The lowest BCUT2D eigenvalue weighted by atomic mass is 9.67. The first-order valence-electron chi connectivity index (χ1n) is 14.3. The molecule has 1 aliphatic carbocycles. The summed E-state index contributed by atoms with van der Waals surface area (Å²) in [4.78, 5) is 4.93. The summed E-state index contributed by atoms with van der Waals surface area (Å²) >= 11 is 0. The van der Waals surface area contributed by atoms with Crippen molar-refractivity contribution in [1.29, 1.82) is 0 Å². The van der Waals surface area contributed by atoms with Gasteiger partial charge in [0, 0.05) is 26.2 Å². The van der Waals surface area contributed by atoms with Crippen molar-refractivity contribution in [3.63, 3.8) is 0 Å². The fraction of sp³-hybridized carbons (Fsp3) is 0.500. The third-order valence-corrected chi connectivity index (χ3v) is 8.80. The monoisotopic (exact) mass is 519 g/mol. The zero-order valence-electron chi connectivity index (χ0n) is 22.6. The lowest BCUT2D eigenvalue weighted by molar-refractivity contribution is 0.151. The number of para-hydroxylation sites is 2. The molecule has 204 valence electrons. The number of hydrogen-bond donors (Lipinski definition) is 1. The van der Waals surface area contributed by atoms with Crippen molar-refractivity contribution in [3.8, 4) is 5.75 Å². The van der Waals surface area contributed by atoms with E-state index in [2.05, 4.69) is 21.9 Å². The van der Waals surface area contributed by atoms with Crippen LogP contribution in [-0.2, 0) is 0 Å². The van der Waals surface area contributed by atoms with Crippen LogP contribution in [0.2, 0.25) is 0 Å². The molecule has 38 heavy (non-hydrogen) atoms. The number of nitrogens with two attached hydrogens (primary N) is 1. The summed E-state index contributed by atoms with van der Waals surface area (Å²) in [7, 11) is 1.73. The van der Waals surface area contributed by atoms with E-state index in [1.807, 2.05) is 36.4 Å². The summed E-state index contributed by atoms with van der Waals surface area (Å²) in [5.41, 5.74) is 8.93. The number of halogens is 1. The molecule has 1 saturated heterocycles. The van der Waals surface area contributed by atoms with Crippen LogP contribution >= 0.6 is 0 Å². The van der Waals surface area contributed by atoms with E-state index in [-0.39, 0.29) is 23.7 Å². The number of methoxy groups -OCH3 is 1. The zero-order valence-corrected chi connectivity index (χ0v) is 22.6. The third-order valence-electron chi connectivity index (χ3n) is 8.80. The van der Waals surface area contributed by atoms with Gasteiger partial charge in [0.25, 0.3) is 0 Å². The first kappa shape index (κ1) is 26.8. The molecule has 0 spiro atoms. The van der Waals surface area contributed by atoms with E-state index in [1.165, 1.54) is 19.3 Å². The molecule has 1 saturated carbocycles. The molecule has 5 rings (SSSR count). The molecular weight excluding hydrogens is 477 g/mol.